The molecule has 0 unspecified atom stereocenters. The summed E-state index contributed by atoms with van der Waals surface area (Å²) in [7, 11) is 1.63. The van der Waals surface area contributed by atoms with E-state index in [0.29, 0.717) is 10.7 Å². The number of nitrogens with one attached hydrogen (secondary N) is 2. The predicted octanol–water partition coefficient (Wildman–Crippen LogP) is 1.88. The number of amides is 2. The van der Waals surface area contributed by atoms with E-state index in [0.717, 1.165) is 10.6 Å². The molecule has 0 radical (unpaired) electrons. The molecule has 4 atom stereocenters. The predicted molar refractivity (Wildman–Crippen MR) is 128 cm³/mol. The molecule has 192 valence electrons. The Hall–Kier alpha value is -3.42. The van der Waals surface area contributed by atoms with Gasteiger partial charge in [0.25, 0.3) is 17.7 Å². The fraction of sp³-hybridized carbons (Fsp3) is 0.391. The molecule has 2 aromatic heterocycles. The maximum Gasteiger partial charge on any atom is 0.267 e. The fourth-order valence-electron chi connectivity index (χ4n) is 4.03. The van der Waals surface area contributed by atoms with E-state index in [2.05, 4.69) is 20.7 Å². The second kappa shape index (κ2) is 10.3. The van der Waals surface area contributed by atoms with Crippen molar-refractivity contribution in [1.29, 1.82) is 0 Å². The molecule has 0 aliphatic carbocycles. The highest BCUT2D eigenvalue weighted by Gasteiger charge is 2.50. The molecule has 10 nitrogen and oxygen atoms in total. The van der Waals surface area contributed by atoms with Crippen molar-refractivity contribution < 1.29 is 28.6 Å². The van der Waals surface area contributed by atoms with E-state index in [-0.39, 0.29) is 5.69 Å². The molecule has 1 aliphatic rings. The largest absolute Gasteiger partial charge is 0.380 e. The number of thiazole rings is 1. The standard InChI is InChI=1S/C23H26F2N6O4S/c1-13(14-4-6-15(7-5-14)31-9-3-8-27-31)28-20(34)18(32)19(33)21(35)30-12-23(24,25)10-17(30)16-11-36-22(26-2)29-16/h3-9,11,13,17-19,32-33H,10,12H2,1-2H3,(H,26,29)(H,28,34)/t13-,17-,18-,19-/m1/s1. The van der Waals surface area contributed by atoms with Crippen LogP contribution in [0.2, 0.25) is 0 Å². The number of aliphatic hydroxyl groups excluding tert-OH is 2. The molecule has 1 fully saturated rings. The summed E-state index contributed by atoms with van der Waals surface area (Å²) in [4.78, 5) is 30.5. The third kappa shape index (κ3) is 5.37. The van der Waals surface area contributed by atoms with Crippen molar-refractivity contribution in [2.24, 2.45) is 0 Å². The molecule has 13 heteroatoms. The summed E-state index contributed by atoms with van der Waals surface area (Å²) in [6.45, 7) is 0.716. The van der Waals surface area contributed by atoms with Gasteiger partial charge in [0.05, 0.1) is 30.0 Å². The zero-order valence-corrected chi connectivity index (χ0v) is 20.3. The van der Waals surface area contributed by atoms with E-state index >= 15 is 0 Å². The van der Waals surface area contributed by atoms with Gasteiger partial charge in [0.2, 0.25) is 0 Å². The molecule has 1 saturated heterocycles. The molecular weight excluding hydrogens is 494 g/mol. The number of hydrogen-bond acceptors (Lipinski definition) is 8. The van der Waals surface area contributed by atoms with Crippen LogP contribution in [-0.4, -0.2) is 73.4 Å². The van der Waals surface area contributed by atoms with Gasteiger partial charge in [-0.05, 0) is 30.7 Å². The number of carbonyl (C=O) groups excluding carboxylic acids is 2. The van der Waals surface area contributed by atoms with E-state index in [4.69, 9.17) is 0 Å². The first-order valence-corrected chi connectivity index (χ1v) is 12.1. The molecule has 4 N–H and O–H groups in total. The van der Waals surface area contributed by atoms with Crippen LogP contribution in [0.25, 0.3) is 5.69 Å². The van der Waals surface area contributed by atoms with Crippen LogP contribution in [0.4, 0.5) is 13.9 Å². The van der Waals surface area contributed by atoms with Crippen molar-refractivity contribution in [2.75, 3.05) is 18.9 Å². The number of hydrogen-bond donors (Lipinski definition) is 4. The number of likely N-dealkylation sites (tertiary alicyclic amines) is 1. The van der Waals surface area contributed by atoms with Crippen LogP contribution in [-0.2, 0) is 9.59 Å². The topological polar surface area (TPSA) is 133 Å². The number of carbonyl (C=O) groups is 2. The molecule has 2 amide bonds. The average Bonchev–Trinajstić information content (AvgIpc) is 3.62. The number of benzene rings is 1. The quantitative estimate of drug-likeness (QED) is 0.357. The summed E-state index contributed by atoms with van der Waals surface area (Å²) in [5, 5.41) is 32.3. The van der Waals surface area contributed by atoms with Crippen LogP contribution in [0.15, 0.2) is 48.1 Å². The number of halogens is 2. The van der Waals surface area contributed by atoms with Crippen molar-refractivity contribution in [1.82, 2.24) is 25.0 Å². The second-order valence-electron chi connectivity index (χ2n) is 8.53. The average molecular weight is 521 g/mol. The highest BCUT2D eigenvalue weighted by atomic mass is 32.1. The van der Waals surface area contributed by atoms with Gasteiger partial charge in [-0.2, -0.15) is 5.10 Å². The van der Waals surface area contributed by atoms with Crippen LogP contribution in [0.5, 0.6) is 0 Å². The van der Waals surface area contributed by atoms with E-state index in [1.54, 1.807) is 66.8 Å². The lowest BCUT2D eigenvalue weighted by molar-refractivity contribution is -0.154. The Morgan fingerprint density at radius 2 is 1.94 bits per heavy atom. The van der Waals surface area contributed by atoms with Crippen LogP contribution < -0.4 is 10.6 Å². The summed E-state index contributed by atoms with van der Waals surface area (Å²) in [6.07, 6.45) is -1.62. The minimum absolute atomic E-state index is 0.244. The van der Waals surface area contributed by atoms with E-state index < -0.39 is 55.0 Å². The summed E-state index contributed by atoms with van der Waals surface area (Å²) in [5.41, 5.74) is 1.76. The monoisotopic (exact) mass is 520 g/mol. The molecule has 1 aliphatic heterocycles. The van der Waals surface area contributed by atoms with Gasteiger partial charge < -0.3 is 25.7 Å². The van der Waals surface area contributed by atoms with Gasteiger partial charge in [0, 0.05) is 31.2 Å². The molecule has 36 heavy (non-hydrogen) atoms. The molecule has 0 saturated carbocycles. The Kier molecular flexibility index (Phi) is 7.33. The van der Waals surface area contributed by atoms with Gasteiger partial charge in [-0.3, -0.25) is 9.59 Å². The normalized spacial score (nSPS) is 19.5. The maximum absolute atomic E-state index is 14.2. The lowest BCUT2D eigenvalue weighted by Gasteiger charge is -2.27. The smallest absolute Gasteiger partial charge is 0.267 e. The number of anilines is 1. The van der Waals surface area contributed by atoms with E-state index in [1.165, 1.54) is 11.3 Å². The first kappa shape index (κ1) is 25.7. The Labute approximate surface area is 209 Å². The Bertz CT molecular complexity index is 1200. The Morgan fingerprint density at radius 1 is 1.22 bits per heavy atom. The molecule has 3 aromatic rings. The summed E-state index contributed by atoms with van der Waals surface area (Å²) in [5.74, 6) is -5.38. The number of nitrogens with zero attached hydrogens (tertiary/aromatic N) is 4. The molecule has 1 aromatic carbocycles. The summed E-state index contributed by atoms with van der Waals surface area (Å²) in [6, 6.07) is 7.24. The van der Waals surface area contributed by atoms with Gasteiger partial charge in [-0.1, -0.05) is 12.1 Å². The van der Waals surface area contributed by atoms with Crippen molar-refractivity contribution in [3.63, 3.8) is 0 Å². The fourth-order valence-corrected chi connectivity index (χ4v) is 4.75. The van der Waals surface area contributed by atoms with Crippen molar-refractivity contribution in [3.05, 3.63) is 59.4 Å². The Morgan fingerprint density at radius 3 is 2.56 bits per heavy atom. The minimum atomic E-state index is -3.20. The van der Waals surface area contributed by atoms with Crippen LogP contribution in [0.1, 0.15) is 36.7 Å². The third-order valence-electron chi connectivity index (χ3n) is 5.97. The third-order valence-corrected chi connectivity index (χ3v) is 6.85. The molecule has 3 heterocycles. The number of aliphatic hydroxyl groups is 2. The van der Waals surface area contributed by atoms with Crippen LogP contribution >= 0.6 is 11.3 Å². The van der Waals surface area contributed by atoms with Crippen LogP contribution in [0.3, 0.4) is 0 Å². The maximum atomic E-state index is 14.2. The van der Waals surface area contributed by atoms with E-state index in [1.807, 2.05) is 0 Å². The zero-order chi connectivity index (χ0) is 26.0. The van der Waals surface area contributed by atoms with Gasteiger partial charge in [-0.15, -0.1) is 11.3 Å². The lowest BCUT2D eigenvalue weighted by atomic mass is 10.1. The zero-order valence-electron chi connectivity index (χ0n) is 19.5. The highest BCUT2D eigenvalue weighted by molar-refractivity contribution is 7.13. The van der Waals surface area contributed by atoms with Crippen molar-refractivity contribution in [3.8, 4) is 5.69 Å². The first-order valence-electron chi connectivity index (χ1n) is 11.2. The molecular formula is C23H26F2N6O4S. The minimum Gasteiger partial charge on any atom is -0.380 e. The number of rotatable bonds is 8. The molecule has 4 rings (SSSR count). The number of aromatic nitrogens is 3. The van der Waals surface area contributed by atoms with Gasteiger partial charge >= 0.3 is 0 Å². The summed E-state index contributed by atoms with van der Waals surface area (Å²) >= 11 is 1.19. The molecule has 0 spiro atoms. The summed E-state index contributed by atoms with van der Waals surface area (Å²) < 4.78 is 30.1. The van der Waals surface area contributed by atoms with E-state index in [9.17, 15) is 28.6 Å². The highest BCUT2D eigenvalue weighted by Crippen LogP contribution is 2.42. The number of alkyl halides is 2. The van der Waals surface area contributed by atoms with Crippen LogP contribution in [0, 0.1) is 0 Å². The lowest BCUT2D eigenvalue weighted by Crippen LogP contribution is -2.51. The first-order chi connectivity index (χ1) is 17.1. The molecule has 0 bridgehead atoms. The van der Waals surface area contributed by atoms with Gasteiger partial charge in [-0.25, -0.2) is 18.4 Å². The Balaban J connectivity index is 1.41. The van der Waals surface area contributed by atoms with Crippen molar-refractivity contribution >= 4 is 28.3 Å². The van der Waals surface area contributed by atoms with Gasteiger partial charge in [0.1, 0.15) is 0 Å². The SMILES string of the molecule is CNc1nc([C@H]2CC(F)(F)CN2C(=O)[C@H](O)[C@@H](O)C(=O)N[C@H](C)c2ccc(-n3cccn3)cc2)cs1. The van der Waals surface area contributed by atoms with Gasteiger partial charge in [0.15, 0.2) is 17.3 Å². The van der Waals surface area contributed by atoms with Crippen molar-refractivity contribution in [2.45, 2.75) is 43.6 Å². The second-order valence-corrected chi connectivity index (χ2v) is 9.39.